The van der Waals surface area contributed by atoms with E-state index in [1.807, 2.05) is 19.1 Å². The number of benzene rings is 1. The van der Waals surface area contributed by atoms with Crippen molar-refractivity contribution in [1.82, 2.24) is 5.32 Å². The second-order valence-corrected chi connectivity index (χ2v) is 3.48. The minimum atomic E-state index is 0.697. The predicted octanol–water partition coefficient (Wildman–Crippen LogP) is 1.98. The molecule has 0 saturated carbocycles. The Kier molecular flexibility index (Phi) is 4.26. The van der Waals surface area contributed by atoms with Gasteiger partial charge in [-0.15, -0.1) is 0 Å². The monoisotopic (exact) mass is 207 g/mol. The van der Waals surface area contributed by atoms with Crippen LogP contribution < -0.4 is 5.32 Å². The summed E-state index contributed by atoms with van der Waals surface area (Å²) < 4.78 is 0. The molecule has 0 saturated heterocycles. The molecule has 2 nitrogen and oxygen atoms in total. The van der Waals surface area contributed by atoms with Crippen molar-refractivity contribution in [2.75, 3.05) is 6.54 Å². The Morgan fingerprint density at radius 3 is 2.57 bits per heavy atom. The average Bonchev–Trinajstić information content (AvgIpc) is 2.19. The van der Waals surface area contributed by atoms with Gasteiger partial charge in [-0.2, -0.15) is 0 Å². The molecule has 0 amide bonds. The Bertz CT molecular complexity index is 319. The molecule has 0 atom stereocenters. The van der Waals surface area contributed by atoms with Gasteiger partial charge in [-0.25, -0.2) is 0 Å². The molecule has 1 aromatic rings. The van der Waals surface area contributed by atoms with Crippen molar-refractivity contribution in [1.29, 1.82) is 0 Å². The first-order valence-electron chi connectivity index (χ1n) is 4.57. The summed E-state index contributed by atoms with van der Waals surface area (Å²) in [5, 5.41) is 3.08. The summed E-state index contributed by atoms with van der Waals surface area (Å²) in [5.41, 5.74) is 1.82. The van der Waals surface area contributed by atoms with Crippen molar-refractivity contribution < 1.29 is 4.79 Å². The van der Waals surface area contributed by atoms with Crippen LogP contribution in [0, 0.1) is 0 Å². The molecule has 0 aliphatic rings. The van der Waals surface area contributed by atoms with Gasteiger partial charge in [0.15, 0.2) is 0 Å². The summed E-state index contributed by atoms with van der Waals surface area (Å²) in [7, 11) is 0. The van der Waals surface area contributed by atoms with Crippen LogP contribution in [-0.2, 0) is 6.42 Å². The normalized spacial score (nSPS) is 9.50. The highest BCUT2D eigenvalue weighted by Crippen LogP contribution is 2.03. The molecule has 0 spiro atoms. The van der Waals surface area contributed by atoms with E-state index in [-0.39, 0.29) is 0 Å². The number of rotatable bonds is 4. The smallest absolute Gasteiger partial charge is 0.150 e. The Labute approximate surface area is 89.3 Å². The van der Waals surface area contributed by atoms with Crippen LogP contribution in [0.4, 0.5) is 0 Å². The maximum absolute atomic E-state index is 10.4. The van der Waals surface area contributed by atoms with Gasteiger partial charge in [0.05, 0.1) is 4.99 Å². The summed E-state index contributed by atoms with van der Waals surface area (Å²) in [6.45, 7) is 2.87. The molecule has 0 unspecified atom stereocenters. The molecule has 0 radical (unpaired) electrons. The van der Waals surface area contributed by atoms with Crippen molar-refractivity contribution in [3.63, 3.8) is 0 Å². The quantitative estimate of drug-likeness (QED) is 0.604. The van der Waals surface area contributed by atoms with Crippen molar-refractivity contribution in [3.8, 4) is 0 Å². The number of likely N-dealkylation sites (N-methyl/N-ethyl adjacent to an activating group) is 1. The van der Waals surface area contributed by atoms with Crippen LogP contribution in [-0.4, -0.2) is 17.8 Å². The first-order valence-corrected chi connectivity index (χ1v) is 4.98. The molecule has 1 rings (SSSR count). The lowest BCUT2D eigenvalue weighted by molar-refractivity contribution is 0.112. The maximum atomic E-state index is 10.4. The molecule has 3 heteroatoms. The van der Waals surface area contributed by atoms with E-state index in [9.17, 15) is 4.79 Å². The lowest BCUT2D eigenvalue weighted by atomic mass is 10.1. The van der Waals surface area contributed by atoms with Gasteiger partial charge in [0, 0.05) is 18.5 Å². The lowest BCUT2D eigenvalue weighted by Gasteiger charge is -2.04. The predicted molar refractivity (Wildman–Crippen MR) is 61.8 cm³/mol. The highest BCUT2D eigenvalue weighted by Gasteiger charge is 1.97. The van der Waals surface area contributed by atoms with Gasteiger partial charge in [0.2, 0.25) is 0 Å². The third kappa shape index (κ3) is 3.26. The van der Waals surface area contributed by atoms with Crippen molar-refractivity contribution >= 4 is 23.5 Å². The zero-order valence-electron chi connectivity index (χ0n) is 8.12. The van der Waals surface area contributed by atoms with Crippen LogP contribution in [0.5, 0.6) is 0 Å². The summed E-state index contributed by atoms with van der Waals surface area (Å²) in [6.07, 6.45) is 1.58. The van der Waals surface area contributed by atoms with Gasteiger partial charge in [0.25, 0.3) is 0 Å². The molecule has 74 valence electrons. The van der Waals surface area contributed by atoms with E-state index in [1.54, 1.807) is 12.1 Å². The van der Waals surface area contributed by atoms with Crippen molar-refractivity contribution in [2.24, 2.45) is 0 Å². The van der Waals surface area contributed by atoms with Gasteiger partial charge in [-0.1, -0.05) is 36.5 Å². The van der Waals surface area contributed by atoms with E-state index in [4.69, 9.17) is 12.2 Å². The number of aldehydes is 1. The molecule has 0 fully saturated rings. The van der Waals surface area contributed by atoms with Gasteiger partial charge < -0.3 is 5.32 Å². The van der Waals surface area contributed by atoms with Gasteiger partial charge in [-0.05, 0) is 12.5 Å². The fourth-order valence-corrected chi connectivity index (χ4v) is 1.47. The highest BCUT2D eigenvalue weighted by atomic mass is 32.1. The Hall–Kier alpha value is -1.22. The SMILES string of the molecule is CCNC(=S)Cc1ccc(C=O)cc1. The molecule has 14 heavy (non-hydrogen) atoms. The molecular weight excluding hydrogens is 194 g/mol. The summed E-state index contributed by atoms with van der Waals surface area (Å²) in [5.74, 6) is 0. The molecular formula is C11H13NOS. The highest BCUT2D eigenvalue weighted by molar-refractivity contribution is 7.80. The van der Waals surface area contributed by atoms with Crippen molar-refractivity contribution in [3.05, 3.63) is 35.4 Å². The van der Waals surface area contributed by atoms with Crippen LogP contribution in [0.25, 0.3) is 0 Å². The number of hydrogen-bond donors (Lipinski definition) is 1. The largest absolute Gasteiger partial charge is 0.380 e. The van der Waals surface area contributed by atoms with E-state index in [0.717, 1.165) is 29.8 Å². The van der Waals surface area contributed by atoms with Crippen LogP contribution in [0.15, 0.2) is 24.3 Å². The Morgan fingerprint density at radius 1 is 1.43 bits per heavy atom. The zero-order chi connectivity index (χ0) is 10.4. The third-order valence-electron chi connectivity index (χ3n) is 1.85. The van der Waals surface area contributed by atoms with Crippen LogP contribution in [0.3, 0.4) is 0 Å². The zero-order valence-corrected chi connectivity index (χ0v) is 8.93. The summed E-state index contributed by atoms with van der Waals surface area (Å²) >= 11 is 5.12. The molecule has 0 aliphatic heterocycles. The van der Waals surface area contributed by atoms with Gasteiger partial charge in [-0.3, -0.25) is 4.79 Å². The topological polar surface area (TPSA) is 29.1 Å². The minimum absolute atomic E-state index is 0.697. The van der Waals surface area contributed by atoms with Gasteiger partial charge in [0.1, 0.15) is 6.29 Å². The van der Waals surface area contributed by atoms with E-state index < -0.39 is 0 Å². The molecule has 1 N–H and O–H groups in total. The fraction of sp³-hybridized carbons (Fsp3) is 0.273. The second-order valence-electron chi connectivity index (χ2n) is 2.99. The maximum Gasteiger partial charge on any atom is 0.150 e. The Morgan fingerprint density at radius 2 is 2.07 bits per heavy atom. The summed E-state index contributed by atoms with van der Waals surface area (Å²) in [4.78, 5) is 11.2. The fourth-order valence-electron chi connectivity index (χ4n) is 1.16. The minimum Gasteiger partial charge on any atom is -0.380 e. The number of carbonyl (C=O) groups excluding carboxylic acids is 1. The number of carbonyl (C=O) groups is 1. The van der Waals surface area contributed by atoms with Crippen molar-refractivity contribution in [2.45, 2.75) is 13.3 Å². The number of hydrogen-bond acceptors (Lipinski definition) is 2. The van der Waals surface area contributed by atoms with E-state index >= 15 is 0 Å². The standard InChI is InChI=1S/C11H13NOS/c1-2-12-11(14)7-9-3-5-10(8-13)6-4-9/h3-6,8H,2,7H2,1H3,(H,12,14). The molecule has 1 aromatic carbocycles. The lowest BCUT2D eigenvalue weighted by Crippen LogP contribution is -2.22. The average molecular weight is 207 g/mol. The third-order valence-corrected chi connectivity index (χ3v) is 2.14. The van der Waals surface area contributed by atoms with E-state index in [2.05, 4.69) is 5.32 Å². The number of thiocarbonyl (C=S) groups is 1. The van der Waals surface area contributed by atoms with E-state index in [0.29, 0.717) is 5.56 Å². The second kappa shape index (κ2) is 5.50. The van der Waals surface area contributed by atoms with Crippen LogP contribution >= 0.6 is 12.2 Å². The summed E-state index contributed by atoms with van der Waals surface area (Å²) in [6, 6.07) is 7.45. The number of nitrogens with one attached hydrogen (secondary N) is 1. The van der Waals surface area contributed by atoms with Crippen LogP contribution in [0.1, 0.15) is 22.8 Å². The molecule has 0 heterocycles. The van der Waals surface area contributed by atoms with Gasteiger partial charge >= 0.3 is 0 Å². The Balaban J connectivity index is 2.59. The molecule has 0 aliphatic carbocycles. The first-order chi connectivity index (χ1) is 6.76. The van der Waals surface area contributed by atoms with Crippen LogP contribution in [0.2, 0.25) is 0 Å². The van der Waals surface area contributed by atoms with E-state index in [1.165, 1.54) is 0 Å². The molecule has 0 bridgehead atoms. The first kappa shape index (κ1) is 10.9. The molecule has 0 aromatic heterocycles.